The Bertz CT molecular complexity index is 1810. The molecule has 1 atom stereocenters. The maximum absolute atomic E-state index is 13.1. The molecular formula is C39H39N3O6. The van der Waals surface area contributed by atoms with Crippen LogP contribution in [0.2, 0.25) is 0 Å². The summed E-state index contributed by atoms with van der Waals surface area (Å²) in [5.74, 6) is 1.91. The van der Waals surface area contributed by atoms with Crippen molar-refractivity contribution >= 4 is 28.5 Å². The Morgan fingerprint density at radius 3 is 2.31 bits per heavy atom. The lowest BCUT2D eigenvalue weighted by Gasteiger charge is -2.21. The van der Waals surface area contributed by atoms with Crippen LogP contribution < -0.4 is 24.8 Å². The van der Waals surface area contributed by atoms with Crippen LogP contribution >= 0.6 is 0 Å². The number of carbonyl (C=O) groups excluding carboxylic acids is 2. The number of hydrogen-bond donors (Lipinski definition) is 2. The molecule has 1 aliphatic carbocycles. The van der Waals surface area contributed by atoms with E-state index in [4.69, 9.17) is 18.9 Å². The lowest BCUT2D eigenvalue weighted by molar-refractivity contribution is -0.151. The van der Waals surface area contributed by atoms with Crippen molar-refractivity contribution in [2.75, 3.05) is 25.6 Å². The van der Waals surface area contributed by atoms with Crippen LogP contribution in [0.15, 0.2) is 109 Å². The number of nitrogens with one attached hydrogen (secondary N) is 2. The largest absolute Gasteiger partial charge is 0.493 e. The summed E-state index contributed by atoms with van der Waals surface area (Å²) in [5, 5.41) is 7.03. The van der Waals surface area contributed by atoms with Gasteiger partial charge in [0.2, 0.25) is 0 Å². The van der Waals surface area contributed by atoms with Gasteiger partial charge in [0.05, 0.1) is 19.2 Å². The third kappa shape index (κ3) is 8.29. The average Bonchev–Trinajstić information content (AvgIpc) is 3.64. The van der Waals surface area contributed by atoms with E-state index in [1.54, 1.807) is 55.8 Å². The van der Waals surface area contributed by atoms with E-state index in [1.165, 1.54) is 0 Å². The molecule has 5 aromatic rings. The van der Waals surface area contributed by atoms with Gasteiger partial charge in [-0.2, -0.15) is 0 Å². The zero-order valence-corrected chi connectivity index (χ0v) is 26.9. The third-order valence-corrected chi connectivity index (χ3v) is 8.24. The van der Waals surface area contributed by atoms with Crippen molar-refractivity contribution < 1.29 is 28.5 Å². The molecule has 0 saturated heterocycles. The molecule has 1 heterocycles. The van der Waals surface area contributed by atoms with Crippen LogP contribution in [0.3, 0.4) is 0 Å². The van der Waals surface area contributed by atoms with E-state index < -0.39 is 6.04 Å². The monoisotopic (exact) mass is 645 g/mol. The topological polar surface area (TPSA) is 108 Å². The van der Waals surface area contributed by atoms with Gasteiger partial charge < -0.3 is 29.6 Å². The summed E-state index contributed by atoms with van der Waals surface area (Å²) in [4.78, 5) is 30.1. The summed E-state index contributed by atoms with van der Waals surface area (Å²) >= 11 is 0. The minimum absolute atomic E-state index is 0.00806. The van der Waals surface area contributed by atoms with Crippen molar-refractivity contribution in [3.63, 3.8) is 0 Å². The lowest BCUT2D eigenvalue weighted by Crippen LogP contribution is -2.33. The molecule has 0 aliphatic heterocycles. The second-order valence-corrected chi connectivity index (χ2v) is 11.6. The molecule has 0 radical (unpaired) electrons. The Hall–Kier alpha value is -5.41. The molecule has 6 rings (SSSR count). The molecule has 1 aromatic heterocycles. The number of benzene rings is 4. The van der Waals surface area contributed by atoms with Crippen molar-refractivity contribution in [2.24, 2.45) is 0 Å². The SMILES string of the molecule is COc1cc2c(Oc3ccc(NC(=O)c4ccccc4)cc3)ccnc2cc1OCCCNC(C(=O)OC1CCCC1)c1ccccc1. The number of carbonyl (C=O) groups is 2. The summed E-state index contributed by atoms with van der Waals surface area (Å²) in [5.41, 5.74) is 2.82. The molecule has 1 fully saturated rings. The summed E-state index contributed by atoms with van der Waals surface area (Å²) < 4.78 is 23.8. The molecule has 1 amide bonds. The zero-order chi connectivity index (χ0) is 33.1. The number of rotatable bonds is 14. The Balaban J connectivity index is 1.06. The summed E-state index contributed by atoms with van der Waals surface area (Å²) in [6.07, 6.45) is 6.41. The predicted molar refractivity (Wildman–Crippen MR) is 185 cm³/mol. The number of methoxy groups -OCH3 is 1. The number of pyridine rings is 1. The number of fused-ring (bicyclic) bond motifs is 1. The van der Waals surface area contributed by atoms with Gasteiger partial charge in [-0.25, -0.2) is 4.79 Å². The molecule has 48 heavy (non-hydrogen) atoms. The van der Waals surface area contributed by atoms with Crippen molar-refractivity contribution in [2.45, 2.75) is 44.2 Å². The normalized spacial score (nSPS) is 13.5. The number of ether oxygens (including phenoxy) is 4. The minimum Gasteiger partial charge on any atom is -0.493 e. The smallest absolute Gasteiger partial charge is 0.328 e. The Morgan fingerprint density at radius 1 is 0.854 bits per heavy atom. The molecule has 0 bridgehead atoms. The Labute approximate surface area is 280 Å². The van der Waals surface area contributed by atoms with Crippen LogP contribution in [0.5, 0.6) is 23.0 Å². The maximum atomic E-state index is 13.1. The van der Waals surface area contributed by atoms with E-state index >= 15 is 0 Å². The molecular weight excluding hydrogens is 606 g/mol. The molecule has 4 aromatic carbocycles. The van der Waals surface area contributed by atoms with Crippen LogP contribution in [0, 0.1) is 0 Å². The second-order valence-electron chi connectivity index (χ2n) is 11.6. The molecule has 1 unspecified atom stereocenters. The molecule has 2 N–H and O–H groups in total. The average molecular weight is 646 g/mol. The fourth-order valence-corrected chi connectivity index (χ4v) is 5.74. The molecule has 9 nitrogen and oxygen atoms in total. The van der Waals surface area contributed by atoms with Gasteiger partial charge in [0.25, 0.3) is 5.91 Å². The van der Waals surface area contributed by atoms with Gasteiger partial charge in [-0.15, -0.1) is 0 Å². The van der Waals surface area contributed by atoms with E-state index in [0.29, 0.717) is 59.3 Å². The van der Waals surface area contributed by atoms with E-state index in [-0.39, 0.29) is 18.0 Å². The third-order valence-electron chi connectivity index (χ3n) is 8.24. The standard InChI is InChI=1S/C39H39N3O6/c1-45-35-25-32-33(40-23-21-34(32)47-31-19-17-29(18-20-31)42-38(43)28-13-6-3-7-14-28)26-36(35)46-24-10-22-41-37(27-11-4-2-5-12-27)39(44)48-30-15-8-9-16-30/h2-7,11-14,17-21,23,25-26,30,37,41H,8-10,15-16,22,24H2,1H3,(H,42,43). The lowest BCUT2D eigenvalue weighted by atomic mass is 10.1. The number of aromatic nitrogens is 1. The van der Waals surface area contributed by atoms with Gasteiger partial charge in [0.15, 0.2) is 11.5 Å². The first-order valence-corrected chi connectivity index (χ1v) is 16.3. The molecule has 0 spiro atoms. The summed E-state index contributed by atoms with van der Waals surface area (Å²) in [6, 6.07) is 30.9. The fourth-order valence-electron chi connectivity index (χ4n) is 5.74. The maximum Gasteiger partial charge on any atom is 0.328 e. The van der Waals surface area contributed by atoms with E-state index in [0.717, 1.165) is 36.6 Å². The Kier molecular flexibility index (Phi) is 10.8. The van der Waals surface area contributed by atoms with Crippen LogP contribution in [0.4, 0.5) is 5.69 Å². The summed E-state index contributed by atoms with van der Waals surface area (Å²) in [7, 11) is 1.59. The fraction of sp³-hybridized carbons (Fsp3) is 0.256. The molecule has 9 heteroatoms. The second kappa shape index (κ2) is 15.9. The number of anilines is 1. The number of hydrogen-bond acceptors (Lipinski definition) is 8. The highest BCUT2D eigenvalue weighted by molar-refractivity contribution is 6.04. The highest BCUT2D eigenvalue weighted by Gasteiger charge is 2.26. The number of esters is 1. The molecule has 246 valence electrons. The number of amides is 1. The van der Waals surface area contributed by atoms with E-state index in [9.17, 15) is 9.59 Å². The van der Waals surface area contributed by atoms with Crippen LogP contribution in [-0.2, 0) is 9.53 Å². The van der Waals surface area contributed by atoms with E-state index in [1.807, 2.05) is 60.7 Å². The van der Waals surface area contributed by atoms with Gasteiger partial charge in [-0.3, -0.25) is 9.78 Å². The molecule has 1 aliphatic rings. The van der Waals surface area contributed by atoms with Gasteiger partial charge in [0, 0.05) is 28.9 Å². The number of nitrogens with zero attached hydrogens (tertiary/aromatic N) is 1. The predicted octanol–water partition coefficient (Wildman–Crippen LogP) is 7.87. The van der Waals surface area contributed by atoms with Gasteiger partial charge in [-0.1, -0.05) is 48.5 Å². The Morgan fingerprint density at radius 2 is 1.58 bits per heavy atom. The van der Waals surface area contributed by atoms with Gasteiger partial charge in [-0.05, 0) is 92.7 Å². The van der Waals surface area contributed by atoms with Gasteiger partial charge >= 0.3 is 5.97 Å². The van der Waals surface area contributed by atoms with Gasteiger partial charge in [0.1, 0.15) is 23.6 Å². The summed E-state index contributed by atoms with van der Waals surface area (Å²) in [6.45, 7) is 0.956. The van der Waals surface area contributed by atoms with Crippen molar-refractivity contribution in [3.05, 3.63) is 120 Å². The van der Waals surface area contributed by atoms with Crippen molar-refractivity contribution in [1.82, 2.24) is 10.3 Å². The molecule has 1 saturated carbocycles. The highest BCUT2D eigenvalue weighted by atomic mass is 16.5. The quantitative estimate of drug-likeness (QED) is 0.0928. The first kappa shape index (κ1) is 32.5. The van der Waals surface area contributed by atoms with Crippen LogP contribution in [0.25, 0.3) is 10.9 Å². The van der Waals surface area contributed by atoms with Crippen molar-refractivity contribution in [1.29, 1.82) is 0 Å². The first-order chi connectivity index (χ1) is 23.6. The minimum atomic E-state index is -0.533. The highest BCUT2D eigenvalue weighted by Crippen LogP contribution is 2.37. The van der Waals surface area contributed by atoms with Crippen LogP contribution in [-0.4, -0.2) is 43.2 Å². The van der Waals surface area contributed by atoms with Crippen LogP contribution in [0.1, 0.15) is 54.1 Å². The zero-order valence-electron chi connectivity index (χ0n) is 26.9. The van der Waals surface area contributed by atoms with E-state index in [2.05, 4.69) is 15.6 Å². The first-order valence-electron chi connectivity index (χ1n) is 16.3. The van der Waals surface area contributed by atoms with Crippen molar-refractivity contribution in [3.8, 4) is 23.0 Å².